The van der Waals surface area contributed by atoms with Crippen LogP contribution < -0.4 is 9.47 Å². The monoisotopic (exact) mass is 915 g/mol. The predicted molar refractivity (Wildman–Crippen MR) is 237 cm³/mol. The molecule has 4 rings (SSSR count). The minimum absolute atomic E-state index is 0.00112. The molecule has 332 valence electrons. The lowest BCUT2D eigenvalue weighted by molar-refractivity contribution is -0.147. The van der Waals surface area contributed by atoms with Crippen molar-refractivity contribution in [2.45, 2.75) is 145 Å². The summed E-state index contributed by atoms with van der Waals surface area (Å²) >= 11 is 4.23. The standard InChI is InChI=1S/C44H57N3O10S4/c1-9-15-19-27(13-5)40(51)56-31-33-34(59-43(58-33)29(25-45)42(53)55-24-23-54-39(50)26(7)8)32(57-41(52)28(14-6)20-16-10-2)36-35(31)60-44(61-36)30-37(48)46(21-17-11-3)47(38(30)49)22-18-12-4/h27-28H,7,9-24H2,1-6,8H3. The summed E-state index contributed by atoms with van der Waals surface area (Å²) in [5, 5.41) is 13.3. The van der Waals surface area contributed by atoms with Gasteiger partial charge < -0.3 is 18.9 Å². The number of fused-ring (bicyclic) bond motifs is 2. The number of ether oxygens (including phenoxy) is 4. The molecule has 0 bridgehead atoms. The van der Waals surface area contributed by atoms with E-state index in [0.29, 0.717) is 75.4 Å². The molecule has 3 heterocycles. The van der Waals surface area contributed by atoms with Crippen LogP contribution in [0.5, 0.6) is 11.5 Å². The van der Waals surface area contributed by atoms with Crippen molar-refractivity contribution in [1.82, 2.24) is 10.0 Å². The molecular weight excluding hydrogens is 859 g/mol. The molecule has 0 spiro atoms. The molecule has 1 aromatic carbocycles. The largest absolute Gasteiger partial charge is 0.459 e. The molecule has 0 saturated carbocycles. The fourth-order valence-corrected chi connectivity index (χ4v) is 11.9. The van der Waals surface area contributed by atoms with Crippen LogP contribution in [0.4, 0.5) is 0 Å². The Balaban J connectivity index is 1.91. The van der Waals surface area contributed by atoms with Crippen molar-refractivity contribution in [3.8, 4) is 17.6 Å². The van der Waals surface area contributed by atoms with E-state index in [1.165, 1.54) is 16.9 Å². The third-order valence-electron chi connectivity index (χ3n) is 10.1. The molecule has 1 saturated heterocycles. The Kier molecular flexibility index (Phi) is 19.7. The first-order valence-corrected chi connectivity index (χ1v) is 24.5. The zero-order chi connectivity index (χ0) is 44.8. The maximum Gasteiger partial charge on any atom is 0.350 e. The first-order valence-electron chi connectivity index (χ1n) is 21.2. The van der Waals surface area contributed by atoms with Gasteiger partial charge in [-0.05, 0) is 45.4 Å². The summed E-state index contributed by atoms with van der Waals surface area (Å²) in [6.07, 6.45) is 8.68. The highest BCUT2D eigenvalue weighted by Gasteiger charge is 2.47. The van der Waals surface area contributed by atoms with Crippen LogP contribution in [0.1, 0.15) is 126 Å². The first-order chi connectivity index (χ1) is 29.3. The molecule has 1 fully saturated rings. The number of nitriles is 1. The van der Waals surface area contributed by atoms with Crippen LogP contribution in [-0.2, 0) is 38.2 Å². The van der Waals surface area contributed by atoms with Crippen LogP contribution in [-0.4, -0.2) is 72.0 Å². The van der Waals surface area contributed by atoms with E-state index in [4.69, 9.17) is 18.9 Å². The van der Waals surface area contributed by atoms with E-state index < -0.39 is 47.5 Å². The summed E-state index contributed by atoms with van der Waals surface area (Å²) in [6.45, 7) is 17.1. The fraction of sp³-hybridized carbons (Fsp3) is 0.568. The maximum atomic E-state index is 14.2. The Morgan fingerprint density at radius 3 is 1.44 bits per heavy atom. The second-order valence-electron chi connectivity index (χ2n) is 14.8. The van der Waals surface area contributed by atoms with Crippen LogP contribution in [0.15, 0.2) is 51.4 Å². The summed E-state index contributed by atoms with van der Waals surface area (Å²) in [4.78, 5) is 83.1. The Bertz CT molecular complexity index is 1890. The highest BCUT2D eigenvalue weighted by molar-refractivity contribution is 8.26. The zero-order valence-electron chi connectivity index (χ0n) is 36.2. The van der Waals surface area contributed by atoms with Gasteiger partial charge in [0.1, 0.15) is 24.9 Å². The summed E-state index contributed by atoms with van der Waals surface area (Å²) < 4.78 is 23.6. The number of esters is 4. The van der Waals surface area contributed by atoms with E-state index in [0.717, 1.165) is 85.6 Å². The van der Waals surface area contributed by atoms with Gasteiger partial charge in [0.05, 0.1) is 39.9 Å². The maximum absolute atomic E-state index is 14.2. The number of rotatable bonds is 23. The molecule has 0 aliphatic carbocycles. The minimum Gasteiger partial charge on any atom is -0.459 e. The van der Waals surface area contributed by atoms with Crippen molar-refractivity contribution in [3.05, 3.63) is 31.8 Å². The molecule has 3 aliphatic heterocycles. The smallest absolute Gasteiger partial charge is 0.350 e. The number of thioether (sulfide) groups is 4. The molecule has 2 atom stereocenters. The van der Waals surface area contributed by atoms with E-state index in [-0.39, 0.29) is 45.7 Å². The van der Waals surface area contributed by atoms with Crippen LogP contribution in [0, 0.1) is 23.2 Å². The third kappa shape index (κ3) is 12.0. The zero-order valence-corrected chi connectivity index (χ0v) is 39.5. The lowest BCUT2D eigenvalue weighted by Gasteiger charge is -2.27. The average molecular weight is 916 g/mol. The van der Waals surface area contributed by atoms with Crippen LogP contribution in [0.25, 0.3) is 0 Å². The molecule has 1 aromatic rings. The Labute approximate surface area is 376 Å². The van der Waals surface area contributed by atoms with Crippen LogP contribution in [0.2, 0.25) is 0 Å². The minimum atomic E-state index is -0.966. The Morgan fingerprint density at radius 1 is 0.656 bits per heavy atom. The second kappa shape index (κ2) is 24.1. The van der Waals surface area contributed by atoms with Crippen LogP contribution in [0.3, 0.4) is 0 Å². The van der Waals surface area contributed by atoms with Crippen molar-refractivity contribution < 1.29 is 47.7 Å². The number of unbranched alkanes of at least 4 members (excludes halogenated alkanes) is 4. The molecule has 0 aromatic heterocycles. The van der Waals surface area contributed by atoms with Gasteiger partial charge in [-0.3, -0.25) is 19.2 Å². The molecule has 13 nitrogen and oxygen atoms in total. The molecule has 61 heavy (non-hydrogen) atoms. The highest BCUT2D eigenvalue weighted by atomic mass is 32.2. The SMILES string of the molecule is C=C(C)C(=O)OCCOC(=O)C(C#N)=C1Sc2c(OC(=O)C(CC)CCCC)c3c(c(OC(=O)C(CC)CCCC)c2S1)SC(=C1C(=O)N(CCCC)N(CCCC)C1=O)S3. The lowest BCUT2D eigenvalue weighted by atomic mass is 10.00. The summed E-state index contributed by atoms with van der Waals surface area (Å²) in [7, 11) is 0. The number of hydrogen-bond donors (Lipinski definition) is 0. The lowest BCUT2D eigenvalue weighted by Crippen LogP contribution is -2.42. The molecule has 17 heteroatoms. The number of hydrogen-bond acceptors (Lipinski definition) is 15. The van der Waals surface area contributed by atoms with Gasteiger partial charge in [0, 0.05) is 18.7 Å². The first kappa shape index (κ1) is 49.8. The molecule has 0 radical (unpaired) electrons. The van der Waals surface area contributed by atoms with Crippen LogP contribution >= 0.6 is 47.0 Å². The van der Waals surface area contributed by atoms with E-state index >= 15 is 0 Å². The van der Waals surface area contributed by atoms with Gasteiger partial charge in [0.2, 0.25) is 0 Å². The Morgan fingerprint density at radius 2 is 1.07 bits per heavy atom. The average Bonchev–Trinajstić information content (AvgIpc) is 3.93. The van der Waals surface area contributed by atoms with Gasteiger partial charge in [0.15, 0.2) is 17.1 Å². The molecule has 0 N–H and O–H groups in total. The molecule has 3 aliphatic rings. The number of benzene rings is 1. The van der Waals surface area contributed by atoms with Crippen molar-refractivity contribution in [1.29, 1.82) is 5.26 Å². The number of nitrogens with zero attached hydrogens (tertiary/aromatic N) is 3. The normalized spacial score (nSPS) is 15.3. The summed E-state index contributed by atoms with van der Waals surface area (Å²) in [6, 6.07) is 1.94. The van der Waals surface area contributed by atoms with Gasteiger partial charge >= 0.3 is 23.9 Å². The van der Waals surface area contributed by atoms with Gasteiger partial charge in [-0.1, -0.05) is 134 Å². The number of carbonyl (C=O) groups excluding carboxylic acids is 6. The van der Waals surface area contributed by atoms with Gasteiger partial charge in [-0.25, -0.2) is 19.6 Å². The van der Waals surface area contributed by atoms with Gasteiger partial charge in [0.25, 0.3) is 11.8 Å². The predicted octanol–water partition coefficient (Wildman–Crippen LogP) is 10.1. The summed E-state index contributed by atoms with van der Waals surface area (Å²) in [5.41, 5.74) is -0.167. The number of carbonyl (C=O) groups is 6. The van der Waals surface area contributed by atoms with Crippen molar-refractivity contribution in [2.75, 3.05) is 26.3 Å². The van der Waals surface area contributed by atoms with Gasteiger partial charge in [-0.2, -0.15) is 5.26 Å². The fourth-order valence-electron chi connectivity index (χ4n) is 6.48. The van der Waals surface area contributed by atoms with E-state index in [1.807, 2.05) is 47.6 Å². The van der Waals surface area contributed by atoms with Crippen molar-refractivity contribution >= 4 is 82.7 Å². The van der Waals surface area contributed by atoms with E-state index in [1.54, 1.807) is 0 Å². The quantitative estimate of drug-likeness (QED) is 0.0254. The van der Waals surface area contributed by atoms with Gasteiger partial charge in [-0.15, -0.1) is 0 Å². The van der Waals surface area contributed by atoms with Crippen molar-refractivity contribution in [3.63, 3.8) is 0 Å². The second-order valence-corrected chi connectivity index (χ2v) is 19.4. The molecule has 2 unspecified atom stereocenters. The molecular formula is C44H57N3O10S4. The topological polar surface area (TPSA) is 170 Å². The number of hydrazine groups is 1. The Hall–Kier alpha value is -3.85. The summed E-state index contributed by atoms with van der Waals surface area (Å²) in [5.74, 6) is -4.00. The third-order valence-corrected chi connectivity index (χ3v) is 15.3. The van der Waals surface area contributed by atoms with E-state index in [9.17, 15) is 34.0 Å². The van der Waals surface area contributed by atoms with E-state index in [2.05, 4.69) is 6.58 Å². The molecule has 2 amide bonds. The van der Waals surface area contributed by atoms with Crippen molar-refractivity contribution in [2.24, 2.45) is 11.8 Å². The highest BCUT2D eigenvalue weighted by Crippen LogP contribution is 2.69. The number of amides is 2.